The van der Waals surface area contributed by atoms with E-state index in [-0.39, 0.29) is 5.54 Å². The topological polar surface area (TPSA) is 36.4 Å². The molecule has 0 aromatic heterocycles. The van der Waals surface area contributed by atoms with Gasteiger partial charge in [0, 0.05) is 23.9 Å². The number of rotatable bonds is 1. The van der Waals surface area contributed by atoms with E-state index in [9.17, 15) is 0 Å². The lowest BCUT2D eigenvalue weighted by Gasteiger charge is -2.22. The van der Waals surface area contributed by atoms with E-state index in [0.717, 1.165) is 24.6 Å². The van der Waals surface area contributed by atoms with Gasteiger partial charge in [0.25, 0.3) is 0 Å². The van der Waals surface area contributed by atoms with Gasteiger partial charge in [0.2, 0.25) is 0 Å². The number of amidine groups is 1. The maximum absolute atomic E-state index is 4.55. The second-order valence-electron chi connectivity index (χ2n) is 5.49. The van der Waals surface area contributed by atoms with Gasteiger partial charge >= 0.3 is 0 Å². The largest absolute Gasteiger partial charge is 0.383 e. The fraction of sp³-hybridized carbons (Fsp3) is 0.400. The lowest BCUT2D eigenvalue weighted by atomic mass is 10.1. The Labute approximate surface area is 109 Å². The van der Waals surface area contributed by atoms with E-state index in [4.69, 9.17) is 0 Å². The molecule has 0 aliphatic carbocycles. The predicted octanol–water partition coefficient (Wildman–Crippen LogP) is 2.42. The number of aliphatic imine (C=N–C) groups is 1. The maximum atomic E-state index is 4.55. The van der Waals surface area contributed by atoms with Crippen molar-refractivity contribution in [2.75, 3.05) is 13.1 Å². The van der Waals surface area contributed by atoms with Gasteiger partial charge in [-0.1, -0.05) is 30.3 Å². The molecule has 2 N–H and O–H groups in total. The van der Waals surface area contributed by atoms with Gasteiger partial charge in [0.05, 0.1) is 6.54 Å². The molecule has 2 rings (SSSR count). The lowest BCUT2D eigenvalue weighted by Crippen LogP contribution is -2.40. The van der Waals surface area contributed by atoms with Crippen LogP contribution in [0.1, 0.15) is 26.3 Å². The van der Waals surface area contributed by atoms with E-state index >= 15 is 0 Å². The third kappa shape index (κ3) is 3.62. The Balaban J connectivity index is 2.23. The van der Waals surface area contributed by atoms with Crippen LogP contribution in [0.5, 0.6) is 0 Å². The quantitative estimate of drug-likeness (QED) is 0.794. The Morgan fingerprint density at radius 1 is 1.17 bits per heavy atom. The summed E-state index contributed by atoms with van der Waals surface area (Å²) in [5.41, 5.74) is 2.35. The second-order valence-corrected chi connectivity index (χ2v) is 5.49. The zero-order chi connectivity index (χ0) is 13.0. The summed E-state index contributed by atoms with van der Waals surface area (Å²) >= 11 is 0. The van der Waals surface area contributed by atoms with Crippen molar-refractivity contribution in [2.24, 2.45) is 4.99 Å². The molecule has 3 nitrogen and oxygen atoms in total. The van der Waals surface area contributed by atoms with Crippen molar-refractivity contribution in [3.63, 3.8) is 0 Å². The van der Waals surface area contributed by atoms with Crippen LogP contribution < -0.4 is 10.6 Å². The van der Waals surface area contributed by atoms with Crippen molar-refractivity contribution in [1.82, 2.24) is 10.6 Å². The van der Waals surface area contributed by atoms with Crippen LogP contribution >= 0.6 is 0 Å². The highest BCUT2D eigenvalue weighted by Crippen LogP contribution is 2.12. The average Bonchev–Trinajstić information content (AvgIpc) is 2.54. The molecule has 1 heterocycles. The highest BCUT2D eigenvalue weighted by Gasteiger charge is 2.13. The Morgan fingerprint density at radius 3 is 2.56 bits per heavy atom. The molecule has 3 heteroatoms. The minimum atomic E-state index is 0.0292. The van der Waals surface area contributed by atoms with Crippen molar-refractivity contribution in [3.8, 4) is 0 Å². The van der Waals surface area contributed by atoms with Crippen molar-refractivity contribution in [1.29, 1.82) is 0 Å². The maximum Gasteiger partial charge on any atom is 0.123 e. The molecule has 0 fully saturated rings. The fourth-order valence-electron chi connectivity index (χ4n) is 1.86. The number of hydrogen-bond acceptors (Lipinski definition) is 3. The van der Waals surface area contributed by atoms with E-state index in [0.29, 0.717) is 0 Å². The summed E-state index contributed by atoms with van der Waals surface area (Å²) in [7, 11) is 0. The predicted molar refractivity (Wildman–Crippen MR) is 77.6 cm³/mol. The molecule has 0 bridgehead atoms. The highest BCUT2D eigenvalue weighted by atomic mass is 15.1. The summed E-state index contributed by atoms with van der Waals surface area (Å²) in [4.78, 5) is 4.55. The van der Waals surface area contributed by atoms with Crippen LogP contribution in [0.25, 0.3) is 5.70 Å². The van der Waals surface area contributed by atoms with Crippen molar-refractivity contribution in [2.45, 2.75) is 26.3 Å². The number of benzene rings is 1. The minimum Gasteiger partial charge on any atom is -0.383 e. The van der Waals surface area contributed by atoms with E-state index < -0.39 is 0 Å². The third-order valence-corrected chi connectivity index (χ3v) is 2.58. The lowest BCUT2D eigenvalue weighted by molar-refractivity contribution is 0.512. The number of nitrogens with zero attached hydrogens (tertiary/aromatic N) is 1. The molecule has 1 aromatic carbocycles. The monoisotopic (exact) mass is 243 g/mol. The minimum absolute atomic E-state index is 0.0292. The molecule has 1 aliphatic heterocycles. The molecule has 0 atom stereocenters. The summed E-state index contributed by atoms with van der Waals surface area (Å²) in [5.74, 6) is 0.950. The summed E-state index contributed by atoms with van der Waals surface area (Å²) in [5, 5.41) is 6.85. The van der Waals surface area contributed by atoms with Crippen LogP contribution in [0.3, 0.4) is 0 Å². The van der Waals surface area contributed by atoms with Gasteiger partial charge < -0.3 is 10.6 Å². The Kier molecular flexibility index (Phi) is 3.70. The molecule has 0 saturated heterocycles. The zero-order valence-corrected chi connectivity index (χ0v) is 11.3. The number of hydrogen-bond donors (Lipinski definition) is 2. The average molecular weight is 243 g/mol. The Hall–Kier alpha value is -1.77. The standard InChI is InChI=1S/C15H21N3/c1-15(2,3)18-14-11-13(16-9-10-17-14)12-7-5-4-6-8-12/h4-8,11,16H,9-10H2,1-3H3,(H,17,18). The number of nitrogens with one attached hydrogen (secondary N) is 2. The summed E-state index contributed by atoms with van der Waals surface area (Å²) in [6.45, 7) is 8.10. The SMILES string of the molecule is CC(C)(C)NC1=NCCNC(c2ccccc2)=C1. The molecular weight excluding hydrogens is 222 g/mol. The smallest absolute Gasteiger partial charge is 0.123 e. The molecule has 18 heavy (non-hydrogen) atoms. The van der Waals surface area contributed by atoms with Gasteiger partial charge in [0.15, 0.2) is 0 Å². The van der Waals surface area contributed by atoms with Gasteiger partial charge in [-0.2, -0.15) is 0 Å². The molecule has 0 spiro atoms. The highest BCUT2D eigenvalue weighted by molar-refractivity contribution is 5.99. The summed E-state index contributed by atoms with van der Waals surface area (Å²) < 4.78 is 0. The first-order valence-corrected chi connectivity index (χ1v) is 6.38. The second kappa shape index (κ2) is 5.25. The Morgan fingerprint density at radius 2 is 1.89 bits per heavy atom. The normalized spacial score (nSPS) is 16.2. The van der Waals surface area contributed by atoms with Gasteiger partial charge in [-0.25, -0.2) is 0 Å². The molecule has 0 saturated carbocycles. The molecule has 0 amide bonds. The van der Waals surface area contributed by atoms with Crippen LogP contribution in [-0.4, -0.2) is 24.5 Å². The summed E-state index contributed by atoms with van der Waals surface area (Å²) in [6.07, 6.45) is 2.09. The molecule has 0 radical (unpaired) electrons. The molecule has 1 aromatic rings. The van der Waals surface area contributed by atoms with E-state index in [1.165, 1.54) is 5.56 Å². The van der Waals surface area contributed by atoms with Crippen molar-refractivity contribution in [3.05, 3.63) is 42.0 Å². The van der Waals surface area contributed by atoms with E-state index in [2.05, 4.69) is 66.7 Å². The summed E-state index contributed by atoms with van der Waals surface area (Å²) in [6, 6.07) is 10.4. The van der Waals surface area contributed by atoms with Gasteiger partial charge in [-0.15, -0.1) is 0 Å². The van der Waals surface area contributed by atoms with E-state index in [1.54, 1.807) is 0 Å². The van der Waals surface area contributed by atoms with Crippen LogP contribution in [0.4, 0.5) is 0 Å². The van der Waals surface area contributed by atoms with Gasteiger partial charge in [-0.3, -0.25) is 4.99 Å². The first-order valence-electron chi connectivity index (χ1n) is 6.38. The van der Waals surface area contributed by atoms with Gasteiger partial charge in [-0.05, 0) is 26.3 Å². The first-order chi connectivity index (χ1) is 8.54. The van der Waals surface area contributed by atoms with Crippen molar-refractivity contribution >= 4 is 11.5 Å². The molecule has 1 aliphatic rings. The van der Waals surface area contributed by atoms with Crippen LogP contribution in [-0.2, 0) is 0 Å². The third-order valence-electron chi connectivity index (χ3n) is 2.58. The van der Waals surface area contributed by atoms with Gasteiger partial charge in [0.1, 0.15) is 5.84 Å². The Bertz CT molecular complexity index is 452. The van der Waals surface area contributed by atoms with Crippen molar-refractivity contribution < 1.29 is 0 Å². The van der Waals surface area contributed by atoms with E-state index in [1.807, 2.05) is 6.07 Å². The molecule has 0 unspecified atom stereocenters. The first kappa shape index (κ1) is 12.7. The van der Waals surface area contributed by atoms with Crippen LogP contribution in [0.15, 0.2) is 41.4 Å². The fourth-order valence-corrected chi connectivity index (χ4v) is 1.86. The molecular formula is C15H21N3. The van der Waals surface area contributed by atoms with Crippen LogP contribution in [0.2, 0.25) is 0 Å². The molecule has 96 valence electrons. The van der Waals surface area contributed by atoms with Crippen LogP contribution in [0, 0.1) is 0 Å². The zero-order valence-electron chi connectivity index (χ0n) is 11.3.